The molecule has 0 saturated carbocycles. The van der Waals surface area contributed by atoms with Gasteiger partial charge in [0.1, 0.15) is 12.4 Å². The van der Waals surface area contributed by atoms with Crippen molar-refractivity contribution in [2.75, 3.05) is 11.9 Å². The molecule has 8 heteroatoms. The summed E-state index contributed by atoms with van der Waals surface area (Å²) >= 11 is 0. The lowest BCUT2D eigenvalue weighted by Crippen LogP contribution is -2.26. The summed E-state index contributed by atoms with van der Waals surface area (Å²) in [6.45, 7) is 0.207. The third-order valence-electron chi connectivity index (χ3n) is 4.15. The minimum atomic E-state index is -4.44. The Morgan fingerprint density at radius 3 is 2.52 bits per heavy atom. The van der Waals surface area contributed by atoms with Gasteiger partial charge in [0.2, 0.25) is 0 Å². The summed E-state index contributed by atoms with van der Waals surface area (Å²) in [5.74, 6) is 0.162. The van der Waals surface area contributed by atoms with Crippen LogP contribution in [-0.4, -0.2) is 18.7 Å². The lowest BCUT2D eigenvalue weighted by Gasteiger charge is -2.10. The van der Waals surface area contributed by atoms with Crippen LogP contribution in [0.5, 0.6) is 5.75 Å². The summed E-state index contributed by atoms with van der Waals surface area (Å²) in [4.78, 5) is 11.9. The third kappa shape index (κ3) is 7.18. The highest BCUT2D eigenvalue weighted by molar-refractivity contribution is 5.84. The predicted molar refractivity (Wildman–Crippen MR) is 113 cm³/mol. The number of nitrogens with one attached hydrogen (secondary N) is 2. The van der Waals surface area contributed by atoms with E-state index in [9.17, 15) is 18.0 Å². The van der Waals surface area contributed by atoms with E-state index in [0.717, 1.165) is 23.3 Å². The molecule has 0 aliphatic carbocycles. The molecule has 0 aliphatic rings. The first-order chi connectivity index (χ1) is 14.9. The molecular formula is C23H20F3N3O2. The van der Waals surface area contributed by atoms with E-state index in [4.69, 9.17) is 4.74 Å². The van der Waals surface area contributed by atoms with Crippen LogP contribution in [0.3, 0.4) is 0 Å². The second-order valence-corrected chi connectivity index (χ2v) is 6.57. The number of hydrogen-bond donors (Lipinski definition) is 2. The summed E-state index contributed by atoms with van der Waals surface area (Å²) in [7, 11) is 0. The summed E-state index contributed by atoms with van der Waals surface area (Å²) in [5, 5.41) is 6.51. The van der Waals surface area contributed by atoms with Crippen LogP contribution in [0.1, 0.15) is 16.7 Å². The van der Waals surface area contributed by atoms with Crippen LogP contribution in [0.4, 0.5) is 18.9 Å². The van der Waals surface area contributed by atoms with Gasteiger partial charge in [-0.3, -0.25) is 4.79 Å². The topological polar surface area (TPSA) is 62.7 Å². The Labute approximate surface area is 177 Å². The van der Waals surface area contributed by atoms with Crippen molar-refractivity contribution in [3.05, 3.63) is 95.6 Å². The molecule has 0 atom stereocenters. The molecule has 0 heterocycles. The van der Waals surface area contributed by atoms with Gasteiger partial charge in [-0.15, -0.1) is 0 Å². The van der Waals surface area contributed by atoms with E-state index in [1.807, 2.05) is 36.4 Å². The van der Waals surface area contributed by atoms with E-state index >= 15 is 0 Å². The fraction of sp³-hybridized carbons (Fsp3) is 0.130. The number of alkyl halides is 3. The Morgan fingerprint density at radius 1 is 0.968 bits per heavy atom. The van der Waals surface area contributed by atoms with Gasteiger partial charge in [-0.2, -0.15) is 18.3 Å². The van der Waals surface area contributed by atoms with Crippen molar-refractivity contribution in [3.8, 4) is 5.75 Å². The molecule has 0 bridgehead atoms. The Balaban J connectivity index is 1.47. The number of hydrazone groups is 1. The van der Waals surface area contributed by atoms with E-state index in [2.05, 4.69) is 15.8 Å². The molecule has 2 N–H and O–H groups in total. The largest absolute Gasteiger partial charge is 0.489 e. The zero-order chi connectivity index (χ0) is 22.1. The van der Waals surface area contributed by atoms with Gasteiger partial charge in [0.15, 0.2) is 0 Å². The van der Waals surface area contributed by atoms with Crippen LogP contribution in [0.2, 0.25) is 0 Å². The molecule has 3 aromatic carbocycles. The van der Waals surface area contributed by atoms with Gasteiger partial charge in [0.05, 0.1) is 18.3 Å². The van der Waals surface area contributed by atoms with Crippen LogP contribution in [-0.2, 0) is 17.6 Å². The highest BCUT2D eigenvalue weighted by Crippen LogP contribution is 2.30. The van der Waals surface area contributed by atoms with Crippen molar-refractivity contribution in [1.82, 2.24) is 5.43 Å². The van der Waals surface area contributed by atoms with Crippen molar-refractivity contribution in [2.45, 2.75) is 12.8 Å². The molecule has 0 aromatic heterocycles. The number of hydrogen-bond acceptors (Lipinski definition) is 4. The van der Waals surface area contributed by atoms with Crippen LogP contribution in [0, 0.1) is 0 Å². The normalized spacial score (nSPS) is 11.3. The van der Waals surface area contributed by atoms with Gasteiger partial charge in [0.25, 0.3) is 5.91 Å². The van der Waals surface area contributed by atoms with Crippen LogP contribution >= 0.6 is 0 Å². The second-order valence-electron chi connectivity index (χ2n) is 6.57. The van der Waals surface area contributed by atoms with Crippen molar-refractivity contribution in [2.24, 2.45) is 5.10 Å². The van der Waals surface area contributed by atoms with Gasteiger partial charge < -0.3 is 10.1 Å². The van der Waals surface area contributed by atoms with E-state index in [-0.39, 0.29) is 12.2 Å². The Bertz CT molecular complexity index is 1040. The number of carbonyl (C=O) groups is 1. The summed E-state index contributed by atoms with van der Waals surface area (Å²) < 4.78 is 43.9. The maximum absolute atomic E-state index is 12.7. The molecule has 3 rings (SSSR count). The highest BCUT2D eigenvalue weighted by atomic mass is 19.4. The van der Waals surface area contributed by atoms with Crippen molar-refractivity contribution in [3.63, 3.8) is 0 Å². The number of rotatable bonds is 8. The molecule has 0 fully saturated rings. The minimum Gasteiger partial charge on any atom is -0.489 e. The number of carbonyl (C=O) groups excluding carboxylic acids is 1. The quantitative estimate of drug-likeness (QED) is 0.399. The second kappa shape index (κ2) is 10.3. The standard InChI is InChI=1S/C23H20F3N3O2/c24-23(25,26)19-9-5-10-20(13-19)27-15-22(30)29-28-14-18-8-4-11-21(12-18)31-16-17-6-2-1-3-7-17/h1-14,27H,15-16H2,(H,29,30)/b28-14-. The first-order valence-corrected chi connectivity index (χ1v) is 9.40. The van der Waals surface area contributed by atoms with Gasteiger partial charge in [0, 0.05) is 5.69 Å². The summed E-state index contributed by atoms with van der Waals surface area (Å²) in [6.07, 6.45) is -2.98. The Kier molecular flexibility index (Phi) is 7.26. The monoisotopic (exact) mass is 427 g/mol. The Hall–Kier alpha value is -3.81. The van der Waals surface area contributed by atoms with E-state index in [1.54, 1.807) is 18.2 Å². The predicted octanol–water partition coefficient (Wildman–Crippen LogP) is 4.85. The minimum absolute atomic E-state index is 0.192. The first-order valence-electron chi connectivity index (χ1n) is 9.40. The fourth-order valence-electron chi connectivity index (χ4n) is 2.63. The molecule has 1 amide bonds. The smallest absolute Gasteiger partial charge is 0.416 e. The number of ether oxygens (including phenoxy) is 1. The molecule has 5 nitrogen and oxygen atoms in total. The van der Waals surface area contributed by atoms with E-state index in [1.165, 1.54) is 18.3 Å². The van der Waals surface area contributed by atoms with Crippen molar-refractivity contribution < 1.29 is 22.7 Å². The number of nitrogens with zero attached hydrogens (tertiary/aromatic N) is 1. The molecule has 0 spiro atoms. The molecule has 0 saturated heterocycles. The Morgan fingerprint density at radius 2 is 1.74 bits per heavy atom. The van der Waals surface area contributed by atoms with Gasteiger partial charge in [-0.1, -0.05) is 48.5 Å². The van der Waals surface area contributed by atoms with Gasteiger partial charge >= 0.3 is 6.18 Å². The zero-order valence-electron chi connectivity index (χ0n) is 16.4. The maximum atomic E-state index is 12.7. The van der Waals surface area contributed by atoms with E-state index < -0.39 is 17.6 Å². The van der Waals surface area contributed by atoms with Crippen LogP contribution in [0.25, 0.3) is 0 Å². The number of anilines is 1. The number of halogens is 3. The fourth-order valence-corrected chi connectivity index (χ4v) is 2.63. The average Bonchev–Trinajstić information content (AvgIpc) is 2.77. The highest BCUT2D eigenvalue weighted by Gasteiger charge is 2.30. The molecule has 0 aliphatic heterocycles. The molecule has 160 valence electrons. The molecular weight excluding hydrogens is 407 g/mol. The summed E-state index contributed by atoms with van der Waals surface area (Å²) in [5.41, 5.74) is 3.50. The lowest BCUT2D eigenvalue weighted by molar-refractivity contribution is -0.137. The number of amides is 1. The molecule has 31 heavy (non-hydrogen) atoms. The third-order valence-corrected chi connectivity index (χ3v) is 4.15. The van der Waals surface area contributed by atoms with Crippen molar-refractivity contribution in [1.29, 1.82) is 0 Å². The number of benzene rings is 3. The maximum Gasteiger partial charge on any atom is 0.416 e. The van der Waals surface area contributed by atoms with Gasteiger partial charge in [-0.25, -0.2) is 5.43 Å². The van der Waals surface area contributed by atoms with Gasteiger partial charge in [-0.05, 0) is 41.5 Å². The average molecular weight is 427 g/mol. The molecule has 0 unspecified atom stereocenters. The molecule has 0 radical (unpaired) electrons. The van der Waals surface area contributed by atoms with Crippen molar-refractivity contribution >= 4 is 17.8 Å². The first kappa shape index (κ1) is 21.9. The van der Waals surface area contributed by atoms with E-state index in [0.29, 0.717) is 12.4 Å². The van der Waals surface area contributed by atoms with Crippen LogP contribution < -0.4 is 15.5 Å². The molecule has 3 aromatic rings. The van der Waals surface area contributed by atoms with Crippen LogP contribution in [0.15, 0.2) is 84.0 Å². The lowest BCUT2D eigenvalue weighted by atomic mass is 10.2. The summed E-state index contributed by atoms with van der Waals surface area (Å²) in [6, 6.07) is 21.6. The zero-order valence-corrected chi connectivity index (χ0v) is 16.4. The SMILES string of the molecule is O=C(CNc1cccc(C(F)(F)F)c1)N/N=C\c1cccc(OCc2ccccc2)c1.